The van der Waals surface area contributed by atoms with Gasteiger partial charge in [0.2, 0.25) is 0 Å². The summed E-state index contributed by atoms with van der Waals surface area (Å²) in [7, 11) is 1.69. The molecule has 3 aromatic carbocycles. The van der Waals surface area contributed by atoms with E-state index in [0.29, 0.717) is 23.5 Å². The van der Waals surface area contributed by atoms with Crippen molar-refractivity contribution in [3.05, 3.63) is 77.9 Å². The molecular formula is C32H42N6O3. The van der Waals surface area contributed by atoms with Crippen molar-refractivity contribution in [1.29, 1.82) is 0 Å². The summed E-state index contributed by atoms with van der Waals surface area (Å²) in [6.07, 6.45) is 0. The van der Waals surface area contributed by atoms with Crippen LogP contribution in [-0.4, -0.2) is 76.3 Å². The van der Waals surface area contributed by atoms with Crippen LogP contribution in [0.5, 0.6) is 5.75 Å². The molecule has 1 saturated heterocycles. The van der Waals surface area contributed by atoms with Crippen LogP contribution in [0.15, 0.2) is 66.7 Å². The standard InChI is InChI=1S/C32H42N6O3/c1-5-36(6-2)18-17-33-31(39)27-23-26(35-32(40)34-25-13-11-24(3)12-14-25)15-16-28(27)37-19-21-38(22-20-37)29-9-7-8-10-30(29)41-4/h7-16,23H,5-6,17-22H2,1-4H3,(H,33,39)(H2,34,35,40). The quantitative estimate of drug-likeness (QED) is 0.305. The normalized spacial score (nSPS) is 13.2. The molecule has 0 unspecified atom stereocenters. The first-order valence-corrected chi connectivity index (χ1v) is 14.3. The van der Waals surface area contributed by atoms with Crippen LogP contribution in [0.1, 0.15) is 29.8 Å². The number of rotatable bonds is 11. The lowest BCUT2D eigenvalue weighted by molar-refractivity contribution is 0.0949. The number of ether oxygens (including phenoxy) is 1. The number of carbonyl (C=O) groups excluding carboxylic acids is 2. The van der Waals surface area contributed by atoms with E-state index in [4.69, 9.17) is 4.74 Å². The number of hydrogen-bond donors (Lipinski definition) is 3. The van der Waals surface area contributed by atoms with Gasteiger partial charge in [-0.15, -0.1) is 0 Å². The van der Waals surface area contributed by atoms with Crippen LogP contribution in [-0.2, 0) is 0 Å². The van der Waals surface area contributed by atoms with Crippen molar-refractivity contribution in [3.8, 4) is 5.75 Å². The van der Waals surface area contributed by atoms with Gasteiger partial charge in [-0.1, -0.05) is 43.7 Å². The van der Waals surface area contributed by atoms with Crippen molar-refractivity contribution in [3.63, 3.8) is 0 Å². The van der Waals surface area contributed by atoms with Crippen molar-refractivity contribution >= 4 is 34.7 Å². The SMILES string of the molecule is CCN(CC)CCNC(=O)c1cc(NC(=O)Nc2ccc(C)cc2)ccc1N1CCN(c2ccccc2OC)CC1. The maximum absolute atomic E-state index is 13.5. The van der Waals surface area contributed by atoms with Crippen LogP contribution >= 0.6 is 0 Å². The Bertz CT molecular complexity index is 1300. The molecule has 1 aliphatic rings. The van der Waals surface area contributed by atoms with Gasteiger partial charge in [-0.05, 0) is 62.5 Å². The Morgan fingerprint density at radius 3 is 2.10 bits per heavy atom. The van der Waals surface area contributed by atoms with Crippen molar-refractivity contribution < 1.29 is 14.3 Å². The molecular weight excluding hydrogens is 516 g/mol. The maximum atomic E-state index is 13.5. The minimum atomic E-state index is -0.361. The first kappa shape index (κ1) is 29.7. The molecule has 9 heteroatoms. The fraction of sp³-hybridized carbons (Fsp3) is 0.375. The predicted molar refractivity (Wildman–Crippen MR) is 168 cm³/mol. The van der Waals surface area contributed by atoms with E-state index in [9.17, 15) is 9.59 Å². The van der Waals surface area contributed by atoms with Gasteiger partial charge in [0, 0.05) is 56.3 Å². The minimum absolute atomic E-state index is 0.151. The Morgan fingerprint density at radius 2 is 1.44 bits per heavy atom. The van der Waals surface area contributed by atoms with Gasteiger partial charge in [0.25, 0.3) is 5.91 Å². The minimum Gasteiger partial charge on any atom is -0.495 e. The van der Waals surface area contributed by atoms with E-state index in [1.165, 1.54) is 0 Å². The highest BCUT2D eigenvalue weighted by Gasteiger charge is 2.24. The van der Waals surface area contributed by atoms with Gasteiger partial charge in [-0.25, -0.2) is 4.79 Å². The number of nitrogens with zero attached hydrogens (tertiary/aromatic N) is 3. The Balaban J connectivity index is 1.49. The van der Waals surface area contributed by atoms with Gasteiger partial charge in [0.1, 0.15) is 5.75 Å². The molecule has 0 spiro atoms. The summed E-state index contributed by atoms with van der Waals surface area (Å²) in [6.45, 7) is 12.5. The Kier molecular flexibility index (Phi) is 10.5. The lowest BCUT2D eigenvalue weighted by Gasteiger charge is -2.38. The zero-order chi connectivity index (χ0) is 29.2. The largest absolute Gasteiger partial charge is 0.495 e. The fourth-order valence-corrected chi connectivity index (χ4v) is 5.04. The van der Waals surface area contributed by atoms with Gasteiger partial charge in [0.05, 0.1) is 18.4 Å². The Morgan fingerprint density at radius 1 is 0.829 bits per heavy atom. The molecule has 0 bridgehead atoms. The number of urea groups is 1. The number of piperazine rings is 1. The number of para-hydroxylation sites is 2. The lowest BCUT2D eigenvalue weighted by atomic mass is 10.1. The highest BCUT2D eigenvalue weighted by molar-refractivity contribution is 6.04. The summed E-state index contributed by atoms with van der Waals surface area (Å²) >= 11 is 0. The van der Waals surface area contributed by atoms with Crippen LogP contribution in [0.2, 0.25) is 0 Å². The Hall–Kier alpha value is -4.24. The zero-order valence-electron chi connectivity index (χ0n) is 24.6. The fourth-order valence-electron chi connectivity index (χ4n) is 5.04. The van der Waals surface area contributed by atoms with E-state index in [1.54, 1.807) is 13.2 Å². The van der Waals surface area contributed by atoms with Gasteiger partial charge in [-0.3, -0.25) is 4.79 Å². The number of anilines is 4. The van der Waals surface area contributed by atoms with Gasteiger partial charge < -0.3 is 35.4 Å². The topological polar surface area (TPSA) is 89.2 Å². The van der Waals surface area contributed by atoms with Crippen LogP contribution in [0.3, 0.4) is 0 Å². The van der Waals surface area contributed by atoms with Gasteiger partial charge in [-0.2, -0.15) is 0 Å². The van der Waals surface area contributed by atoms with Gasteiger partial charge >= 0.3 is 6.03 Å². The number of carbonyl (C=O) groups is 2. The smallest absolute Gasteiger partial charge is 0.323 e. The van der Waals surface area contributed by atoms with E-state index < -0.39 is 0 Å². The second-order valence-corrected chi connectivity index (χ2v) is 10.1. The molecule has 1 heterocycles. The molecule has 41 heavy (non-hydrogen) atoms. The number of methoxy groups -OCH3 is 1. The molecule has 1 fully saturated rings. The summed E-state index contributed by atoms with van der Waals surface area (Å²) in [5.41, 5.74) is 4.85. The summed E-state index contributed by atoms with van der Waals surface area (Å²) < 4.78 is 5.57. The zero-order valence-corrected chi connectivity index (χ0v) is 24.6. The molecule has 1 aliphatic heterocycles. The van der Waals surface area contributed by atoms with E-state index in [0.717, 1.165) is 68.5 Å². The lowest BCUT2D eigenvalue weighted by Crippen LogP contribution is -2.47. The monoisotopic (exact) mass is 558 g/mol. The first-order valence-electron chi connectivity index (χ1n) is 14.3. The number of hydrogen-bond acceptors (Lipinski definition) is 6. The van der Waals surface area contributed by atoms with Crippen molar-refractivity contribution in [1.82, 2.24) is 10.2 Å². The third-order valence-electron chi connectivity index (χ3n) is 7.46. The van der Waals surface area contributed by atoms with E-state index in [1.807, 2.05) is 61.5 Å². The van der Waals surface area contributed by atoms with Crippen molar-refractivity contribution in [2.75, 3.05) is 79.9 Å². The number of nitrogens with one attached hydrogen (secondary N) is 3. The Labute approximate surface area is 243 Å². The molecule has 0 aromatic heterocycles. The van der Waals surface area contributed by atoms with Crippen molar-refractivity contribution in [2.45, 2.75) is 20.8 Å². The predicted octanol–water partition coefficient (Wildman–Crippen LogP) is 5.05. The highest BCUT2D eigenvalue weighted by atomic mass is 16.5. The second kappa shape index (κ2) is 14.4. The highest BCUT2D eigenvalue weighted by Crippen LogP contribution is 2.31. The molecule has 218 valence electrons. The molecule has 4 rings (SSSR count). The van der Waals surface area contributed by atoms with Crippen LogP contribution in [0.25, 0.3) is 0 Å². The molecule has 3 N–H and O–H groups in total. The molecule has 9 nitrogen and oxygen atoms in total. The third-order valence-corrected chi connectivity index (χ3v) is 7.46. The first-order chi connectivity index (χ1) is 19.9. The second-order valence-electron chi connectivity index (χ2n) is 10.1. The molecule has 0 aliphatic carbocycles. The third kappa shape index (κ3) is 7.91. The molecule has 3 amide bonds. The molecule has 0 atom stereocenters. The number of benzene rings is 3. The van der Waals surface area contributed by atoms with Crippen LogP contribution < -0.4 is 30.5 Å². The number of likely N-dealkylation sites (N-methyl/N-ethyl adjacent to an activating group) is 1. The van der Waals surface area contributed by atoms with Gasteiger partial charge in [0.15, 0.2) is 0 Å². The average molecular weight is 559 g/mol. The molecule has 3 aromatic rings. The maximum Gasteiger partial charge on any atom is 0.323 e. The summed E-state index contributed by atoms with van der Waals surface area (Å²) in [4.78, 5) is 33.0. The van der Waals surface area contributed by atoms with Crippen LogP contribution in [0.4, 0.5) is 27.5 Å². The summed E-state index contributed by atoms with van der Waals surface area (Å²) in [5.74, 6) is 0.704. The number of amides is 3. The van der Waals surface area contributed by atoms with E-state index >= 15 is 0 Å². The van der Waals surface area contributed by atoms with E-state index in [-0.39, 0.29) is 11.9 Å². The van der Waals surface area contributed by atoms with Crippen LogP contribution in [0, 0.1) is 6.92 Å². The van der Waals surface area contributed by atoms with E-state index in [2.05, 4.69) is 50.6 Å². The van der Waals surface area contributed by atoms with Crippen molar-refractivity contribution in [2.24, 2.45) is 0 Å². The average Bonchev–Trinajstić information content (AvgIpc) is 3.00. The molecule has 0 radical (unpaired) electrons. The summed E-state index contributed by atoms with van der Waals surface area (Å²) in [6, 6.07) is 20.8. The number of aryl methyl sites for hydroxylation is 1. The summed E-state index contributed by atoms with van der Waals surface area (Å²) in [5, 5.41) is 8.83. The molecule has 0 saturated carbocycles.